The second-order valence-electron chi connectivity index (χ2n) is 4.41. The molecule has 0 radical (unpaired) electrons. The zero-order valence-corrected chi connectivity index (χ0v) is 10.4. The molecule has 16 heavy (non-hydrogen) atoms. The van der Waals surface area contributed by atoms with Crippen molar-refractivity contribution in [2.24, 2.45) is 0 Å². The smallest absolute Gasteiger partial charge is 0.176 e. The van der Waals surface area contributed by atoms with Crippen LogP contribution >= 0.6 is 0 Å². The van der Waals surface area contributed by atoms with Crippen LogP contribution < -0.4 is 5.32 Å². The number of Topliss-reactive ketones (excluding diaryl/α,β-unsaturated/α-hetero) is 1. The van der Waals surface area contributed by atoms with E-state index < -0.39 is 0 Å². The van der Waals surface area contributed by atoms with Crippen LogP contribution in [-0.2, 0) is 6.42 Å². The van der Waals surface area contributed by atoms with Crippen molar-refractivity contribution in [1.82, 2.24) is 5.32 Å². The molecule has 88 valence electrons. The summed E-state index contributed by atoms with van der Waals surface area (Å²) in [6, 6.07) is 8.30. The minimum atomic E-state index is 0.164. The van der Waals surface area contributed by atoms with Crippen LogP contribution in [0.15, 0.2) is 24.3 Å². The van der Waals surface area contributed by atoms with Crippen molar-refractivity contribution in [3.63, 3.8) is 0 Å². The Hall–Kier alpha value is -1.15. The Kier molecular flexibility index (Phi) is 5.20. The van der Waals surface area contributed by atoms with E-state index in [2.05, 4.69) is 12.2 Å². The van der Waals surface area contributed by atoms with Crippen molar-refractivity contribution in [3.05, 3.63) is 35.4 Å². The predicted molar refractivity (Wildman–Crippen MR) is 67.9 cm³/mol. The molecule has 1 aromatic rings. The van der Waals surface area contributed by atoms with Crippen LogP contribution in [0.25, 0.3) is 0 Å². The van der Waals surface area contributed by atoms with Gasteiger partial charge in [0, 0.05) is 11.6 Å². The SMILES string of the molecule is CCCc1ccc(C(=O)CNC(C)C)cc1. The van der Waals surface area contributed by atoms with Gasteiger partial charge in [0.2, 0.25) is 0 Å². The number of nitrogens with one attached hydrogen (secondary N) is 1. The molecular weight excluding hydrogens is 198 g/mol. The minimum Gasteiger partial charge on any atom is -0.307 e. The van der Waals surface area contributed by atoms with E-state index in [9.17, 15) is 4.79 Å². The van der Waals surface area contributed by atoms with Crippen LogP contribution in [-0.4, -0.2) is 18.4 Å². The largest absolute Gasteiger partial charge is 0.307 e. The predicted octanol–water partition coefficient (Wildman–Crippen LogP) is 2.82. The molecule has 0 saturated carbocycles. The lowest BCUT2D eigenvalue weighted by molar-refractivity contribution is 0.0988. The van der Waals surface area contributed by atoms with Gasteiger partial charge in [-0.2, -0.15) is 0 Å². The molecule has 0 fully saturated rings. The number of carbonyl (C=O) groups excluding carboxylic acids is 1. The summed E-state index contributed by atoms with van der Waals surface area (Å²) in [5.41, 5.74) is 2.10. The molecule has 0 amide bonds. The van der Waals surface area contributed by atoms with E-state index in [4.69, 9.17) is 0 Å². The Labute approximate surface area is 98.1 Å². The number of benzene rings is 1. The molecule has 0 aliphatic heterocycles. The highest BCUT2D eigenvalue weighted by atomic mass is 16.1. The van der Waals surface area contributed by atoms with Gasteiger partial charge in [-0.1, -0.05) is 51.5 Å². The Morgan fingerprint density at radius 3 is 2.38 bits per heavy atom. The second-order valence-corrected chi connectivity index (χ2v) is 4.41. The first-order valence-corrected chi connectivity index (χ1v) is 5.99. The molecule has 0 atom stereocenters. The first kappa shape index (κ1) is 12.9. The summed E-state index contributed by atoms with van der Waals surface area (Å²) in [5.74, 6) is 0.164. The Balaban J connectivity index is 2.56. The summed E-state index contributed by atoms with van der Waals surface area (Å²) in [5, 5.41) is 3.13. The van der Waals surface area contributed by atoms with Crippen LogP contribution in [0.3, 0.4) is 0 Å². The molecule has 0 unspecified atom stereocenters. The van der Waals surface area contributed by atoms with E-state index in [1.807, 2.05) is 38.1 Å². The molecule has 0 aliphatic carbocycles. The van der Waals surface area contributed by atoms with Gasteiger partial charge in [0.25, 0.3) is 0 Å². The second kappa shape index (κ2) is 6.44. The highest BCUT2D eigenvalue weighted by molar-refractivity contribution is 5.97. The normalized spacial score (nSPS) is 10.8. The zero-order chi connectivity index (χ0) is 12.0. The molecule has 0 spiro atoms. The molecule has 0 bridgehead atoms. The fourth-order valence-electron chi connectivity index (χ4n) is 1.54. The number of hydrogen-bond donors (Lipinski definition) is 1. The third kappa shape index (κ3) is 4.15. The summed E-state index contributed by atoms with van der Waals surface area (Å²) in [6.45, 7) is 6.66. The van der Waals surface area contributed by atoms with Crippen LogP contribution in [0.2, 0.25) is 0 Å². The van der Waals surface area contributed by atoms with Crippen molar-refractivity contribution in [3.8, 4) is 0 Å². The van der Waals surface area contributed by atoms with E-state index in [-0.39, 0.29) is 5.78 Å². The Bertz CT molecular complexity index is 327. The summed E-state index contributed by atoms with van der Waals surface area (Å²) in [4.78, 5) is 11.8. The molecule has 0 saturated heterocycles. The topological polar surface area (TPSA) is 29.1 Å². The molecule has 2 nitrogen and oxygen atoms in total. The van der Waals surface area contributed by atoms with Crippen molar-refractivity contribution in [2.75, 3.05) is 6.54 Å². The third-order valence-electron chi connectivity index (χ3n) is 2.49. The minimum absolute atomic E-state index is 0.164. The third-order valence-corrected chi connectivity index (χ3v) is 2.49. The Morgan fingerprint density at radius 2 is 1.88 bits per heavy atom. The van der Waals surface area contributed by atoms with Crippen LogP contribution in [0.1, 0.15) is 43.1 Å². The van der Waals surface area contributed by atoms with Crippen molar-refractivity contribution in [1.29, 1.82) is 0 Å². The summed E-state index contributed by atoms with van der Waals surface area (Å²) >= 11 is 0. The highest BCUT2D eigenvalue weighted by Crippen LogP contribution is 2.07. The van der Waals surface area contributed by atoms with E-state index in [0.29, 0.717) is 12.6 Å². The molecule has 1 rings (SSSR count). The molecule has 2 heteroatoms. The van der Waals surface area contributed by atoms with Crippen LogP contribution in [0.4, 0.5) is 0 Å². The van der Waals surface area contributed by atoms with Gasteiger partial charge in [0.1, 0.15) is 0 Å². The lowest BCUT2D eigenvalue weighted by Gasteiger charge is -2.07. The van der Waals surface area contributed by atoms with Gasteiger partial charge in [0.05, 0.1) is 6.54 Å². The number of hydrogen-bond acceptors (Lipinski definition) is 2. The van der Waals surface area contributed by atoms with Crippen molar-refractivity contribution < 1.29 is 4.79 Å². The van der Waals surface area contributed by atoms with Crippen LogP contribution in [0.5, 0.6) is 0 Å². The van der Waals surface area contributed by atoms with Gasteiger partial charge in [-0.3, -0.25) is 4.79 Å². The lowest BCUT2D eigenvalue weighted by atomic mass is 10.1. The standard InChI is InChI=1S/C14H21NO/c1-4-5-12-6-8-13(9-7-12)14(16)10-15-11(2)3/h6-9,11,15H,4-5,10H2,1-3H3. The average molecular weight is 219 g/mol. The fraction of sp³-hybridized carbons (Fsp3) is 0.500. The molecule has 0 aromatic heterocycles. The maximum absolute atomic E-state index is 11.8. The summed E-state index contributed by atoms with van der Waals surface area (Å²) < 4.78 is 0. The number of aryl methyl sites for hydroxylation is 1. The molecule has 0 heterocycles. The van der Waals surface area contributed by atoms with Gasteiger partial charge in [-0.15, -0.1) is 0 Å². The van der Waals surface area contributed by atoms with Gasteiger partial charge in [0.15, 0.2) is 5.78 Å². The maximum atomic E-state index is 11.8. The van der Waals surface area contributed by atoms with Crippen molar-refractivity contribution >= 4 is 5.78 Å². The van der Waals surface area contributed by atoms with E-state index in [1.54, 1.807) is 0 Å². The lowest BCUT2D eigenvalue weighted by Crippen LogP contribution is -2.29. The zero-order valence-electron chi connectivity index (χ0n) is 10.4. The fourth-order valence-corrected chi connectivity index (χ4v) is 1.54. The van der Waals surface area contributed by atoms with Crippen molar-refractivity contribution in [2.45, 2.75) is 39.7 Å². The van der Waals surface area contributed by atoms with Crippen LogP contribution in [0, 0.1) is 0 Å². The Morgan fingerprint density at radius 1 is 1.25 bits per heavy atom. The molecule has 1 aromatic carbocycles. The molecule has 1 N–H and O–H groups in total. The van der Waals surface area contributed by atoms with Gasteiger partial charge in [-0.25, -0.2) is 0 Å². The average Bonchev–Trinajstić information content (AvgIpc) is 2.27. The summed E-state index contributed by atoms with van der Waals surface area (Å²) in [7, 11) is 0. The van der Waals surface area contributed by atoms with E-state index in [1.165, 1.54) is 5.56 Å². The number of carbonyl (C=O) groups is 1. The quantitative estimate of drug-likeness (QED) is 0.745. The monoisotopic (exact) mass is 219 g/mol. The molecule has 0 aliphatic rings. The molecular formula is C14H21NO. The van der Waals surface area contributed by atoms with E-state index in [0.717, 1.165) is 18.4 Å². The maximum Gasteiger partial charge on any atom is 0.176 e. The first-order valence-electron chi connectivity index (χ1n) is 5.99. The highest BCUT2D eigenvalue weighted by Gasteiger charge is 2.05. The number of ketones is 1. The summed E-state index contributed by atoms with van der Waals surface area (Å²) in [6.07, 6.45) is 2.22. The van der Waals surface area contributed by atoms with E-state index >= 15 is 0 Å². The van der Waals surface area contributed by atoms with Gasteiger partial charge >= 0.3 is 0 Å². The first-order chi connectivity index (χ1) is 7.63. The number of rotatable bonds is 6. The van der Waals surface area contributed by atoms with Gasteiger partial charge < -0.3 is 5.32 Å². The van der Waals surface area contributed by atoms with Gasteiger partial charge in [-0.05, 0) is 12.0 Å².